The van der Waals surface area contributed by atoms with Crippen molar-refractivity contribution in [3.63, 3.8) is 0 Å². The Morgan fingerprint density at radius 2 is 2.00 bits per heavy atom. The molecule has 0 bridgehead atoms. The molecule has 0 amide bonds. The molecule has 1 heterocycles. The molecule has 1 aliphatic rings. The molecule has 2 unspecified atom stereocenters. The van der Waals surface area contributed by atoms with Crippen LogP contribution >= 0.6 is 11.6 Å². The van der Waals surface area contributed by atoms with Crippen molar-refractivity contribution in [2.24, 2.45) is 5.41 Å². The van der Waals surface area contributed by atoms with Crippen molar-refractivity contribution in [3.8, 4) is 0 Å². The third-order valence-corrected chi connectivity index (χ3v) is 4.29. The van der Waals surface area contributed by atoms with Crippen molar-refractivity contribution in [2.75, 3.05) is 19.7 Å². The number of hydrogen-bond donors (Lipinski definition) is 1. The molecule has 3 nitrogen and oxygen atoms in total. The van der Waals surface area contributed by atoms with Crippen LogP contribution in [0.5, 0.6) is 0 Å². The summed E-state index contributed by atoms with van der Waals surface area (Å²) in [5, 5.41) is 4.21. The van der Waals surface area contributed by atoms with Gasteiger partial charge in [-0.2, -0.15) is 0 Å². The monoisotopic (exact) mass is 325 g/mol. The molecule has 0 aromatic heterocycles. The summed E-state index contributed by atoms with van der Waals surface area (Å²) >= 11 is 5.94. The molecule has 0 radical (unpaired) electrons. The summed E-state index contributed by atoms with van der Waals surface area (Å²) in [7, 11) is 0. The second-order valence-electron chi connectivity index (χ2n) is 6.77. The third-order valence-electron chi connectivity index (χ3n) is 4.04. The lowest BCUT2D eigenvalue weighted by Gasteiger charge is -2.30. The van der Waals surface area contributed by atoms with Gasteiger partial charge in [0, 0.05) is 17.0 Å². The molecule has 0 saturated carbocycles. The SMILES string of the molecule is CCCCNCC1COC(C(C)(C)Cc2ccc(Cl)cc2)O1. The number of unbranched alkanes of at least 4 members (excludes halogenated alkanes) is 1. The average molecular weight is 326 g/mol. The van der Waals surface area contributed by atoms with Gasteiger partial charge >= 0.3 is 0 Å². The molecule has 1 aromatic rings. The summed E-state index contributed by atoms with van der Waals surface area (Å²) in [6, 6.07) is 8.01. The van der Waals surface area contributed by atoms with Gasteiger partial charge in [-0.15, -0.1) is 0 Å². The maximum absolute atomic E-state index is 6.09. The van der Waals surface area contributed by atoms with E-state index in [-0.39, 0.29) is 17.8 Å². The lowest BCUT2D eigenvalue weighted by atomic mass is 9.85. The van der Waals surface area contributed by atoms with Crippen LogP contribution in [0.4, 0.5) is 0 Å². The summed E-state index contributed by atoms with van der Waals surface area (Å²) < 4.78 is 12.0. The zero-order valence-electron chi connectivity index (χ0n) is 13.9. The molecule has 1 aromatic carbocycles. The third kappa shape index (κ3) is 5.24. The van der Waals surface area contributed by atoms with E-state index in [0.717, 1.165) is 24.5 Å². The number of ether oxygens (including phenoxy) is 2. The molecule has 1 N–H and O–H groups in total. The highest BCUT2D eigenvalue weighted by Gasteiger charge is 2.38. The van der Waals surface area contributed by atoms with E-state index in [1.54, 1.807) is 0 Å². The Hall–Kier alpha value is -0.610. The molecule has 1 fully saturated rings. The van der Waals surface area contributed by atoms with Crippen molar-refractivity contribution >= 4 is 11.6 Å². The lowest BCUT2D eigenvalue weighted by molar-refractivity contribution is -0.130. The highest BCUT2D eigenvalue weighted by atomic mass is 35.5. The number of halogens is 1. The van der Waals surface area contributed by atoms with Crippen LogP contribution in [0.15, 0.2) is 24.3 Å². The Morgan fingerprint density at radius 3 is 2.68 bits per heavy atom. The van der Waals surface area contributed by atoms with Gasteiger partial charge in [0.1, 0.15) is 0 Å². The second kappa shape index (κ2) is 8.30. The van der Waals surface area contributed by atoms with E-state index in [2.05, 4.69) is 38.2 Å². The van der Waals surface area contributed by atoms with E-state index in [4.69, 9.17) is 21.1 Å². The molecular formula is C18H28ClNO2. The van der Waals surface area contributed by atoms with Crippen LogP contribution in [0.3, 0.4) is 0 Å². The first-order valence-corrected chi connectivity index (χ1v) is 8.61. The van der Waals surface area contributed by atoms with Gasteiger partial charge in [0.05, 0.1) is 12.7 Å². The summed E-state index contributed by atoms with van der Waals surface area (Å²) in [6.45, 7) is 9.18. The Bertz CT molecular complexity index is 447. The van der Waals surface area contributed by atoms with Crippen LogP contribution in [-0.4, -0.2) is 32.1 Å². The van der Waals surface area contributed by atoms with Gasteiger partial charge in [-0.25, -0.2) is 0 Å². The Morgan fingerprint density at radius 1 is 1.27 bits per heavy atom. The highest BCUT2D eigenvalue weighted by Crippen LogP contribution is 2.33. The maximum Gasteiger partial charge on any atom is 0.163 e. The smallest absolute Gasteiger partial charge is 0.163 e. The lowest BCUT2D eigenvalue weighted by Crippen LogP contribution is -2.35. The topological polar surface area (TPSA) is 30.5 Å². The first-order chi connectivity index (χ1) is 10.5. The van der Waals surface area contributed by atoms with Gasteiger partial charge in [0.25, 0.3) is 0 Å². The van der Waals surface area contributed by atoms with E-state index in [1.165, 1.54) is 18.4 Å². The van der Waals surface area contributed by atoms with E-state index >= 15 is 0 Å². The van der Waals surface area contributed by atoms with Crippen LogP contribution in [0.25, 0.3) is 0 Å². The molecule has 2 atom stereocenters. The molecule has 0 spiro atoms. The van der Waals surface area contributed by atoms with Gasteiger partial charge in [-0.3, -0.25) is 0 Å². The largest absolute Gasteiger partial charge is 0.349 e. The molecule has 0 aliphatic carbocycles. The fourth-order valence-electron chi connectivity index (χ4n) is 2.74. The summed E-state index contributed by atoms with van der Waals surface area (Å²) in [6.07, 6.45) is 3.34. The molecule has 22 heavy (non-hydrogen) atoms. The van der Waals surface area contributed by atoms with E-state index in [9.17, 15) is 0 Å². The minimum absolute atomic E-state index is 0.0635. The highest BCUT2D eigenvalue weighted by molar-refractivity contribution is 6.30. The fourth-order valence-corrected chi connectivity index (χ4v) is 2.87. The Balaban J connectivity index is 1.81. The minimum Gasteiger partial charge on any atom is -0.349 e. The molecular weight excluding hydrogens is 298 g/mol. The van der Waals surface area contributed by atoms with Gasteiger partial charge in [0.2, 0.25) is 0 Å². The zero-order chi connectivity index (χ0) is 16.0. The molecule has 2 rings (SSSR count). The van der Waals surface area contributed by atoms with Crippen molar-refractivity contribution in [1.82, 2.24) is 5.32 Å². The van der Waals surface area contributed by atoms with Gasteiger partial charge in [-0.1, -0.05) is 50.9 Å². The van der Waals surface area contributed by atoms with Gasteiger partial charge < -0.3 is 14.8 Å². The second-order valence-corrected chi connectivity index (χ2v) is 7.21. The quantitative estimate of drug-likeness (QED) is 0.732. The van der Waals surface area contributed by atoms with Crippen LogP contribution in [0.1, 0.15) is 39.2 Å². The van der Waals surface area contributed by atoms with Gasteiger partial charge in [0.15, 0.2) is 6.29 Å². The van der Waals surface area contributed by atoms with Crippen LogP contribution in [0, 0.1) is 5.41 Å². The first kappa shape index (κ1) is 17.7. The predicted octanol–water partition coefficient (Wildman–Crippen LogP) is 4.04. The standard InChI is InChI=1S/C18H28ClNO2/c1-4-5-10-20-12-16-13-21-17(22-16)18(2,3)11-14-6-8-15(19)9-7-14/h6-9,16-17,20H,4-5,10-13H2,1-3H3. The minimum atomic E-state index is -0.152. The molecule has 124 valence electrons. The van der Waals surface area contributed by atoms with Gasteiger partial charge in [-0.05, 0) is 37.1 Å². The van der Waals surface area contributed by atoms with Crippen molar-refractivity contribution < 1.29 is 9.47 Å². The number of nitrogens with one attached hydrogen (secondary N) is 1. The van der Waals surface area contributed by atoms with E-state index < -0.39 is 0 Å². The maximum atomic E-state index is 6.09. The van der Waals surface area contributed by atoms with Crippen LogP contribution < -0.4 is 5.32 Å². The fraction of sp³-hybridized carbons (Fsp3) is 0.667. The van der Waals surface area contributed by atoms with E-state index in [0.29, 0.717) is 6.61 Å². The molecule has 1 aliphatic heterocycles. The van der Waals surface area contributed by atoms with E-state index in [1.807, 2.05) is 12.1 Å². The summed E-state index contributed by atoms with van der Waals surface area (Å²) in [5.74, 6) is 0. The van der Waals surface area contributed by atoms with Crippen LogP contribution in [0.2, 0.25) is 5.02 Å². The average Bonchev–Trinajstić information content (AvgIpc) is 2.96. The van der Waals surface area contributed by atoms with Crippen molar-refractivity contribution in [3.05, 3.63) is 34.9 Å². The van der Waals surface area contributed by atoms with Crippen molar-refractivity contribution in [1.29, 1.82) is 0 Å². The Labute approximate surface area is 139 Å². The number of rotatable bonds is 8. The Kier molecular flexibility index (Phi) is 6.69. The molecule has 1 saturated heterocycles. The normalized spacial score (nSPS) is 22.2. The zero-order valence-corrected chi connectivity index (χ0v) is 14.7. The van der Waals surface area contributed by atoms with Crippen molar-refractivity contribution in [2.45, 2.75) is 52.4 Å². The van der Waals surface area contributed by atoms with Crippen LogP contribution in [-0.2, 0) is 15.9 Å². The summed E-state index contributed by atoms with van der Waals surface area (Å²) in [4.78, 5) is 0. The summed E-state index contributed by atoms with van der Waals surface area (Å²) in [5.41, 5.74) is 1.19. The first-order valence-electron chi connectivity index (χ1n) is 8.23. The number of hydrogen-bond acceptors (Lipinski definition) is 3. The molecule has 4 heteroatoms. The predicted molar refractivity (Wildman–Crippen MR) is 91.3 cm³/mol. The number of benzene rings is 1.